The molecule has 0 bridgehead atoms. The molecule has 6 amide bonds. The molecule has 2 aromatic rings. The molecule has 0 aliphatic carbocycles. The van der Waals surface area contributed by atoms with Crippen LogP contribution in [0.5, 0.6) is 0 Å². The molecule has 1 unspecified atom stereocenters. The molecule has 31 heavy (non-hydrogen) atoms. The van der Waals surface area contributed by atoms with E-state index in [4.69, 9.17) is 0 Å². The third-order valence-electron chi connectivity index (χ3n) is 5.23. The number of nitrogens with one attached hydrogen (secondary N) is 3. The first-order valence-electron chi connectivity index (χ1n) is 9.74. The molecule has 3 rings (SSSR count). The molecule has 1 aliphatic heterocycles. The normalized spacial score (nSPS) is 18.0. The number of urea groups is 2. The third kappa shape index (κ3) is 4.40. The molecule has 1 atom stereocenters. The monoisotopic (exact) mass is 426 g/mol. The summed E-state index contributed by atoms with van der Waals surface area (Å²) in [5.74, 6) is -1.94. The molecule has 1 fully saturated rings. The van der Waals surface area contributed by atoms with Crippen LogP contribution in [-0.4, -0.2) is 35.3 Å². The number of hydrogen-bond donors (Lipinski definition) is 3. The number of benzene rings is 2. The number of hydrogen-bond acceptors (Lipinski definition) is 4. The van der Waals surface area contributed by atoms with E-state index < -0.39 is 41.8 Å². The summed E-state index contributed by atoms with van der Waals surface area (Å²) in [7, 11) is 0. The van der Waals surface area contributed by atoms with E-state index >= 15 is 0 Å². The van der Waals surface area contributed by atoms with Crippen molar-refractivity contribution in [3.63, 3.8) is 0 Å². The van der Waals surface area contributed by atoms with Crippen LogP contribution in [0.15, 0.2) is 42.5 Å². The van der Waals surface area contributed by atoms with Gasteiger partial charge in [-0.25, -0.2) is 14.0 Å². The lowest BCUT2D eigenvalue weighted by molar-refractivity contribution is -0.135. The van der Waals surface area contributed by atoms with Crippen molar-refractivity contribution >= 4 is 29.6 Å². The summed E-state index contributed by atoms with van der Waals surface area (Å²) in [5, 5.41) is 7.28. The second-order valence-electron chi connectivity index (χ2n) is 7.41. The Kier molecular flexibility index (Phi) is 6.05. The van der Waals surface area contributed by atoms with Gasteiger partial charge in [-0.15, -0.1) is 0 Å². The second kappa shape index (κ2) is 8.55. The molecule has 0 spiro atoms. The topological polar surface area (TPSA) is 108 Å². The van der Waals surface area contributed by atoms with Crippen LogP contribution in [0.4, 0.5) is 19.7 Å². The first kappa shape index (κ1) is 21.9. The van der Waals surface area contributed by atoms with Crippen LogP contribution in [0.25, 0.3) is 0 Å². The van der Waals surface area contributed by atoms with E-state index in [9.17, 15) is 23.6 Å². The summed E-state index contributed by atoms with van der Waals surface area (Å²) in [6.07, 6.45) is 0.203. The standard InChI is InChI=1S/C22H23FN4O4/c1-4-22(15-6-8-16(23)9-7-15)19(29)27(21(31)26-22)12-18(28)25-20(30)24-17-10-5-13(2)11-14(17)3/h5-11H,4,12H2,1-3H3,(H,26,31)(H2,24,25,28,30). The van der Waals surface area contributed by atoms with Gasteiger partial charge in [0.1, 0.15) is 17.9 Å². The Morgan fingerprint density at radius 1 is 1.10 bits per heavy atom. The molecule has 1 heterocycles. The fourth-order valence-electron chi connectivity index (χ4n) is 3.56. The highest BCUT2D eigenvalue weighted by atomic mass is 19.1. The van der Waals surface area contributed by atoms with E-state index in [0.717, 1.165) is 16.0 Å². The first-order chi connectivity index (χ1) is 14.7. The van der Waals surface area contributed by atoms with Crippen LogP contribution < -0.4 is 16.0 Å². The Morgan fingerprint density at radius 3 is 2.39 bits per heavy atom. The minimum absolute atomic E-state index is 0.203. The van der Waals surface area contributed by atoms with Crippen LogP contribution in [0, 0.1) is 19.7 Å². The number of halogens is 1. The molecule has 1 aliphatic rings. The maximum absolute atomic E-state index is 13.3. The summed E-state index contributed by atoms with van der Waals surface area (Å²) in [5.41, 5.74) is 1.40. The Bertz CT molecular complexity index is 1050. The number of aryl methyl sites for hydroxylation is 2. The van der Waals surface area contributed by atoms with Crippen LogP contribution in [0.2, 0.25) is 0 Å². The predicted molar refractivity (Wildman–Crippen MR) is 112 cm³/mol. The van der Waals surface area contributed by atoms with Crippen molar-refractivity contribution < 1.29 is 23.6 Å². The average molecular weight is 426 g/mol. The SMILES string of the molecule is CCC1(c2ccc(F)cc2)NC(=O)N(CC(=O)NC(=O)Nc2ccc(C)cc2C)C1=O. The van der Waals surface area contributed by atoms with Gasteiger partial charge < -0.3 is 10.6 Å². The molecule has 0 radical (unpaired) electrons. The van der Waals surface area contributed by atoms with Gasteiger partial charge in [0.15, 0.2) is 0 Å². The quantitative estimate of drug-likeness (QED) is 0.639. The Hall–Kier alpha value is -3.75. The van der Waals surface area contributed by atoms with Crippen LogP contribution in [0.1, 0.15) is 30.0 Å². The van der Waals surface area contributed by atoms with Gasteiger partial charge >= 0.3 is 12.1 Å². The first-order valence-corrected chi connectivity index (χ1v) is 9.74. The minimum Gasteiger partial charge on any atom is -0.319 e. The summed E-state index contributed by atoms with van der Waals surface area (Å²) < 4.78 is 13.3. The van der Waals surface area contributed by atoms with Crippen molar-refractivity contribution in [3.05, 3.63) is 65.0 Å². The van der Waals surface area contributed by atoms with E-state index in [1.807, 2.05) is 26.0 Å². The van der Waals surface area contributed by atoms with Crippen LogP contribution >= 0.6 is 0 Å². The number of carbonyl (C=O) groups is 4. The number of amides is 6. The van der Waals surface area contributed by atoms with Gasteiger partial charge in [0.2, 0.25) is 5.91 Å². The molecule has 162 valence electrons. The lowest BCUT2D eigenvalue weighted by atomic mass is 9.87. The van der Waals surface area contributed by atoms with Crippen molar-refractivity contribution in [1.29, 1.82) is 0 Å². The zero-order chi connectivity index (χ0) is 22.8. The molecule has 0 aromatic heterocycles. The number of rotatable bonds is 5. The van der Waals surface area contributed by atoms with Gasteiger partial charge in [-0.05, 0) is 49.6 Å². The highest BCUT2D eigenvalue weighted by Gasteiger charge is 2.51. The zero-order valence-electron chi connectivity index (χ0n) is 17.4. The van der Waals surface area contributed by atoms with E-state index in [1.54, 1.807) is 13.0 Å². The highest BCUT2D eigenvalue weighted by Crippen LogP contribution is 2.32. The van der Waals surface area contributed by atoms with E-state index in [0.29, 0.717) is 11.3 Å². The largest absolute Gasteiger partial charge is 0.325 e. The van der Waals surface area contributed by atoms with Crippen molar-refractivity contribution in [1.82, 2.24) is 15.5 Å². The molecule has 9 heteroatoms. The third-order valence-corrected chi connectivity index (χ3v) is 5.23. The van der Waals surface area contributed by atoms with Gasteiger partial charge in [0.25, 0.3) is 5.91 Å². The van der Waals surface area contributed by atoms with E-state index in [-0.39, 0.29) is 6.42 Å². The summed E-state index contributed by atoms with van der Waals surface area (Å²) in [6.45, 7) is 4.80. The van der Waals surface area contributed by atoms with Crippen molar-refractivity contribution in [2.75, 3.05) is 11.9 Å². The van der Waals surface area contributed by atoms with Gasteiger partial charge in [-0.2, -0.15) is 0 Å². The number of imide groups is 2. The number of nitrogens with zero attached hydrogens (tertiary/aromatic N) is 1. The number of anilines is 1. The lowest BCUT2D eigenvalue weighted by Crippen LogP contribution is -2.46. The number of carbonyl (C=O) groups excluding carboxylic acids is 4. The van der Waals surface area contributed by atoms with Crippen LogP contribution in [0.3, 0.4) is 0 Å². The molecule has 8 nitrogen and oxygen atoms in total. The van der Waals surface area contributed by atoms with Crippen LogP contribution in [-0.2, 0) is 15.1 Å². The van der Waals surface area contributed by atoms with Gasteiger partial charge in [-0.1, -0.05) is 36.8 Å². The zero-order valence-corrected chi connectivity index (χ0v) is 17.4. The molecule has 2 aromatic carbocycles. The summed E-state index contributed by atoms with van der Waals surface area (Å²) >= 11 is 0. The second-order valence-corrected chi connectivity index (χ2v) is 7.41. The predicted octanol–water partition coefficient (Wildman–Crippen LogP) is 2.95. The Balaban J connectivity index is 1.68. The fourth-order valence-corrected chi connectivity index (χ4v) is 3.56. The van der Waals surface area contributed by atoms with E-state index in [2.05, 4.69) is 16.0 Å². The van der Waals surface area contributed by atoms with Gasteiger partial charge in [0, 0.05) is 5.69 Å². The maximum atomic E-state index is 13.3. The maximum Gasteiger partial charge on any atom is 0.325 e. The molecule has 1 saturated heterocycles. The van der Waals surface area contributed by atoms with E-state index in [1.165, 1.54) is 24.3 Å². The minimum atomic E-state index is -1.40. The summed E-state index contributed by atoms with van der Waals surface area (Å²) in [6, 6.07) is 9.09. The summed E-state index contributed by atoms with van der Waals surface area (Å²) in [4.78, 5) is 50.6. The Morgan fingerprint density at radius 2 is 1.77 bits per heavy atom. The molecular weight excluding hydrogens is 403 g/mol. The molecule has 3 N–H and O–H groups in total. The van der Waals surface area contributed by atoms with Gasteiger partial charge in [0.05, 0.1) is 0 Å². The average Bonchev–Trinajstić information content (AvgIpc) is 2.95. The molecule has 0 saturated carbocycles. The molecular formula is C22H23FN4O4. The van der Waals surface area contributed by atoms with Crippen molar-refractivity contribution in [2.45, 2.75) is 32.7 Å². The Labute approximate surface area is 178 Å². The lowest BCUT2D eigenvalue weighted by Gasteiger charge is -2.25. The van der Waals surface area contributed by atoms with Crippen molar-refractivity contribution in [2.24, 2.45) is 0 Å². The van der Waals surface area contributed by atoms with Crippen molar-refractivity contribution in [3.8, 4) is 0 Å². The highest BCUT2D eigenvalue weighted by molar-refractivity contribution is 6.11. The smallest absolute Gasteiger partial charge is 0.319 e. The fraction of sp³-hybridized carbons (Fsp3) is 0.273. The van der Waals surface area contributed by atoms with Gasteiger partial charge in [-0.3, -0.25) is 19.8 Å².